The molecule has 0 saturated heterocycles. The number of rotatable bonds is 15. The molecule has 0 fully saturated rings. The van der Waals surface area contributed by atoms with E-state index in [2.05, 4.69) is 190 Å². The van der Waals surface area contributed by atoms with Gasteiger partial charge in [-0.3, -0.25) is 29.1 Å². The number of nitrogens with zero attached hydrogens (tertiary/aromatic N) is 9. The average Bonchev–Trinajstić information content (AvgIpc) is 1.62. The molecule has 8 bridgehead atoms. The molecule has 7 aromatic carbocycles. The van der Waals surface area contributed by atoms with Crippen molar-refractivity contribution in [1.29, 1.82) is 0 Å². The Morgan fingerprint density at radius 1 is 0.342 bits per heavy atom. The molecule has 5 aliphatic rings. The SMILES string of the molecule is C.CC(=O)C=C(C)O.CC(=O)C=C(C)O.CC(=O)C=C(C)O.CC(=O)C=C(C)O.CCC1=C(C)C2=CC3=NC(=CC4=NC(=CC5=NC(=CC1=N2)C(CC)=C5CC)C(CC)=C4CC)C(CC)=C3CC.Oc1cccc2cccnc12.[Ir].[Ir].[Ir].[Ir].[Pt].[c-]1c(-c2ccccn2)sc2ccccc12.[c-]1c(-c2ccccn2)sc2ccccc12.[c-]1ccccc1-c1ccc2ccccc2n1.[c-]1ccccc1-c1nccc2ccccc12. The number of thiophene rings is 2. The second-order valence-corrected chi connectivity index (χ2v) is 34.5. The van der Waals surface area contributed by atoms with Gasteiger partial charge in [0.15, 0.2) is 23.1 Å². The Balaban J connectivity index is 0.000000358. The topological polar surface area (TPSA) is 283 Å². The number of aromatic nitrogens is 5. The molecule has 0 aliphatic carbocycles. The number of allylic oxidation sites excluding steroid dienone is 20. The van der Waals surface area contributed by atoms with Gasteiger partial charge < -0.3 is 40.5 Å². The second kappa shape index (κ2) is 64.5. The van der Waals surface area contributed by atoms with Crippen molar-refractivity contribution >= 4 is 121 Å². The maximum atomic E-state index is 10.0. The summed E-state index contributed by atoms with van der Waals surface area (Å²) in [4.78, 5) is 84.9. The molecule has 19 rings (SSSR count). The van der Waals surface area contributed by atoms with E-state index in [4.69, 9.17) is 40.4 Å². The van der Waals surface area contributed by atoms with E-state index in [1.54, 1.807) is 41.0 Å². The van der Waals surface area contributed by atoms with Crippen molar-refractivity contribution in [2.75, 3.05) is 0 Å². The van der Waals surface area contributed by atoms with Gasteiger partial charge in [0, 0.05) is 167 Å². The van der Waals surface area contributed by atoms with E-state index in [0.717, 1.165) is 145 Å². The predicted octanol–water partition coefficient (Wildman–Crippen LogP) is 31.1. The standard InChI is InChI=1S/C35H42N4.2C15H10N.2C13H8NS.C9H7NO.4C5H8O2.CH4.4Ir.Pt/c1-9-21-20(8)28-16-30-22(10-2)23(11-3)32(37-30)18-34-26(14-6)27(15-7)35(39-34)19-33-25(13-5)24(12-4)31(38-33)17-29(21)36-28;1-2-7-13(8-3-1)15-14-9-5-4-6-12(14)10-11-16-15;1-2-6-12(7-3-1)15-11-10-13-8-4-5-9-14(13)16-15;2*1-2-7-12-10(5-1)9-13(15-12)11-6-3-4-8-14-11;11-8-5-1-3-7-4-2-6-10-9(7)8;4*1-4(6)3-5(2)7;;;;;;/h16-19H,9-15H2,1-8H3;1-7,9-11H;1-6,8-11H;2*1-8H;1-6,11H;4*3,6H,1-2H3;1H4;;;;;/q;4*-1;;;;;;;;;;;. The molecule has 0 saturated carbocycles. The fourth-order valence-electron chi connectivity index (χ4n) is 15.6. The molecule has 12 heterocycles. The number of aliphatic hydroxyl groups is 4. The Labute approximate surface area is 934 Å². The molecule has 25 heteroatoms. The molecular formula is C121H121Ir4N9O9PtS2-4. The van der Waals surface area contributed by atoms with Gasteiger partial charge in [0.05, 0.1) is 74.2 Å². The van der Waals surface area contributed by atoms with E-state index >= 15 is 0 Å². The summed E-state index contributed by atoms with van der Waals surface area (Å²) in [5.41, 5.74) is 26.6. The average molecular weight is 2870 g/mol. The van der Waals surface area contributed by atoms with Crippen molar-refractivity contribution in [3.8, 4) is 49.4 Å². The van der Waals surface area contributed by atoms with Gasteiger partial charge in [-0.2, -0.15) is 0 Å². The summed E-state index contributed by atoms with van der Waals surface area (Å²) in [5, 5.41) is 49.6. The number of para-hydroxylation sites is 2. The number of fused-ring (bicyclic) bond motifs is 9. The van der Waals surface area contributed by atoms with Crippen LogP contribution in [-0.4, -0.2) is 96.4 Å². The molecule has 7 aromatic heterocycles. The molecule has 0 unspecified atom stereocenters. The Hall–Kier alpha value is -12.5. The number of phenols is 1. The number of aliphatic imine (C=N–C) groups is 4. The summed E-state index contributed by atoms with van der Waals surface area (Å²) in [5.74, 6) is -0.0110. The monoisotopic (exact) mass is 2870 g/mol. The number of carbonyl (C=O) groups is 4. The van der Waals surface area contributed by atoms with Crippen LogP contribution in [0.25, 0.3) is 96.4 Å². The summed E-state index contributed by atoms with van der Waals surface area (Å²) in [6.07, 6.45) is 27.4. The molecule has 5 N–H and O–H groups in total. The minimum absolute atomic E-state index is 0. The van der Waals surface area contributed by atoms with Crippen LogP contribution >= 0.6 is 22.7 Å². The molecule has 766 valence electrons. The molecule has 4 radical (unpaired) electrons. The molecular weight excluding hydrogens is 2750 g/mol. The smallest absolute Gasteiger partial charge is 0.155 e. The third kappa shape index (κ3) is 37.2. The number of benzene rings is 7. The Bertz CT molecular complexity index is 7030. The van der Waals surface area contributed by atoms with E-state index in [1.165, 1.54) is 161 Å². The Kier molecular flexibility index (Phi) is 55.6. The van der Waals surface area contributed by atoms with Gasteiger partial charge in [-0.15, -0.1) is 119 Å². The summed E-state index contributed by atoms with van der Waals surface area (Å²) in [7, 11) is 0. The van der Waals surface area contributed by atoms with Gasteiger partial charge in [0.1, 0.15) is 11.3 Å². The number of phenolic OH excluding ortho intramolecular Hbond substituents is 1. The number of ketones is 4. The number of aliphatic hydroxyl groups excluding tert-OH is 4. The minimum atomic E-state index is -0.125. The second-order valence-electron chi connectivity index (χ2n) is 32.4. The first-order valence-corrected chi connectivity index (χ1v) is 48.1. The normalized spacial score (nSPS) is 13.0. The maximum absolute atomic E-state index is 10.0. The van der Waals surface area contributed by atoms with Crippen LogP contribution in [0.1, 0.15) is 163 Å². The molecule has 0 spiro atoms. The van der Waals surface area contributed by atoms with Crippen molar-refractivity contribution < 1.29 is 146 Å². The number of pyridine rings is 5. The third-order valence-electron chi connectivity index (χ3n) is 21.6. The quantitative estimate of drug-likeness (QED) is 0.0363. The number of hydrogen-bond donors (Lipinski definition) is 5. The van der Waals surface area contributed by atoms with Crippen molar-refractivity contribution in [1.82, 2.24) is 24.9 Å². The van der Waals surface area contributed by atoms with Crippen molar-refractivity contribution in [2.24, 2.45) is 20.0 Å². The van der Waals surface area contributed by atoms with Gasteiger partial charge in [-0.05, 0) is 259 Å². The maximum Gasteiger partial charge on any atom is 0.155 e. The van der Waals surface area contributed by atoms with Crippen LogP contribution < -0.4 is 0 Å². The third-order valence-corrected chi connectivity index (χ3v) is 23.8. The van der Waals surface area contributed by atoms with Crippen molar-refractivity contribution in [3.63, 3.8) is 0 Å². The van der Waals surface area contributed by atoms with Crippen LogP contribution in [0.4, 0.5) is 0 Å². The van der Waals surface area contributed by atoms with Crippen LogP contribution in [0.2, 0.25) is 0 Å². The van der Waals surface area contributed by atoms with E-state index in [-0.39, 0.29) is 161 Å². The first kappa shape index (κ1) is 126. The first-order valence-electron chi connectivity index (χ1n) is 46.5. The fraction of sp³-hybridized carbons (Fsp3) is 0.198. The summed E-state index contributed by atoms with van der Waals surface area (Å²) in [6, 6.07) is 89.1. The van der Waals surface area contributed by atoms with E-state index in [1.807, 2.05) is 176 Å². The molecule has 18 nitrogen and oxygen atoms in total. The summed E-state index contributed by atoms with van der Waals surface area (Å²) in [6.45, 7) is 29.2. The number of aromatic hydroxyl groups is 1. The van der Waals surface area contributed by atoms with Gasteiger partial charge in [0.25, 0.3) is 0 Å². The molecule has 146 heavy (non-hydrogen) atoms. The fourth-order valence-corrected chi connectivity index (χ4v) is 17.6. The molecule has 5 aliphatic heterocycles. The van der Waals surface area contributed by atoms with E-state index < -0.39 is 0 Å². The van der Waals surface area contributed by atoms with Gasteiger partial charge in [-0.25, -0.2) is 42.6 Å². The molecule has 0 amide bonds. The van der Waals surface area contributed by atoms with Crippen molar-refractivity contribution in [2.45, 2.75) is 163 Å². The first-order chi connectivity index (χ1) is 67.5. The van der Waals surface area contributed by atoms with Gasteiger partial charge in [0.2, 0.25) is 0 Å². The van der Waals surface area contributed by atoms with Gasteiger partial charge >= 0.3 is 0 Å². The van der Waals surface area contributed by atoms with Crippen LogP contribution in [-0.2, 0) is 121 Å². The Morgan fingerprint density at radius 3 is 1.11 bits per heavy atom. The largest absolute Gasteiger partial charge is 0.512 e. The summed E-state index contributed by atoms with van der Waals surface area (Å²) >= 11 is 3.46. The molecule has 0 atom stereocenters. The zero-order valence-electron chi connectivity index (χ0n) is 83.7. The zero-order valence-corrected chi connectivity index (χ0v) is 97.2. The number of carbonyl (C=O) groups excluding carboxylic acids is 4. The number of hydrogen-bond acceptors (Lipinski definition) is 20. The van der Waals surface area contributed by atoms with Crippen molar-refractivity contribution in [3.05, 3.63) is 419 Å². The van der Waals surface area contributed by atoms with Crippen LogP contribution in [0, 0.1) is 24.3 Å². The van der Waals surface area contributed by atoms with Crippen LogP contribution in [0.5, 0.6) is 5.75 Å². The predicted molar refractivity (Wildman–Crippen MR) is 586 cm³/mol. The van der Waals surface area contributed by atoms with Crippen LogP contribution in [0.3, 0.4) is 0 Å². The molecule has 14 aromatic rings. The van der Waals surface area contributed by atoms with E-state index in [0.29, 0.717) is 5.52 Å². The minimum Gasteiger partial charge on any atom is -0.512 e. The van der Waals surface area contributed by atoms with Gasteiger partial charge in [-0.1, -0.05) is 177 Å². The summed E-state index contributed by atoms with van der Waals surface area (Å²) < 4.78 is 2.52. The van der Waals surface area contributed by atoms with E-state index in [9.17, 15) is 24.3 Å². The van der Waals surface area contributed by atoms with Crippen LogP contribution in [0.15, 0.2) is 414 Å². The Morgan fingerprint density at radius 2 is 0.712 bits per heavy atom. The zero-order chi connectivity index (χ0) is 101.